The van der Waals surface area contributed by atoms with E-state index in [9.17, 15) is 13.6 Å². The van der Waals surface area contributed by atoms with E-state index in [4.69, 9.17) is 0 Å². The van der Waals surface area contributed by atoms with Crippen LogP contribution in [0.1, 0.15) is 20.3 Å². The summed E-state index contributed by atoms with van der Waals surface area (Å²) in [5, 5.41) is 2.20. The van der Waals surface area contributed by atoms with Crippen LogP contribution in [0.4, 0.5) is 8.78 Å². The first-order valence-electron chi connectivity index (χ1n) is 4.07. The second-order valence-electron chi connectivity index (χ2n) is 4.08. The molecule has 13 heavy (non-hydrogen) atoms. The fraction of sp³-hybridized carbons (Fsp3) is 0.875. The third-order valence-corrected chi connectivity index (χ3v) is 2.57. The summed E-state index contributed by atoms with van der Waals surface area (Å²) in [6.45, 7) is 3.26. The normalized spacial score (nSPS) is 25.5. The van der Waals surface area contributed by atoms with Gasteiger partial charge in [0.15, 0.2) is 0 Å². The first kappa shape index (κ1) is 10.9. The molecule has 0 aromatic rings. The number of carbonyl (C=O) groups is 1. The zero-order chi connectivity index (χ0) is 10.3. The quantitative estimate of drug-likeness (QED) is 0.770. The molecule has 0 aromatic carbocycles. The first-order valence-corrected chi connectivity index (χ1v) is 4.86. The maximum atomic E-state index is 12.3. The SMILES string of the molecule is CC1(C)CC1C(=O)NCC(F)(F)Br. The Bertz CT molecular complexity index is 225. The highest BCUT2D eigenvalue weighted by molar-refractivity contribution is 9.10. The second-order valence-corrected chi connectivity index (χ2v) is 5.24. The lowest BCUT2D eigenvalue weighted by Crippen LogP contribution is -2.34. The topological polar surface area (TPSA) is 29.1 Å². The van der Waals surface area contributed by atoms with E-state index < -0.39 is 11.4 Å². The molecule has 1 saturated carbocycles. The van der Waals surface area contributed by atoms with Crippen molar-refractivity contribution in [1.82, 2.24) is 5.32 Å². The van der Waals surface area contributed by atoms with Crippen LogP contribution in [0.15, 0.2) is 0 Å². The lowest BCUT2D eigenvalue weighted by atomic mass is 10.1. The highest BCUT2D eigenvalue weighted by Crippen LogP contribution is 2.51. The highest BCUT2D eigenvalue weighted by Gasteiger charge is 2.50. The molecule has 1 atom stereocenters. The van der Waals surface area contributed by atoms with Gasteiger partial charge in [-0.2, -0.15) is 8.78 Å². The maximum Gasteiger partial charge on any atom is 0.318 e. The molecule has 0 bridgehead atoms. The second kappa shape index (κ2) is 3.19. The van der Waals surface area contributed by atoms with Crippen molar-refractivity contribution in [2.24, 2.45) is 11.3 Å². The van der Waals surface area contributed by atoms with Crippen molar-refractivity contribution >= 4 is 21.8 Å². The molecule has 1 rings (SSSR count). The number of carbonyl (C=O) groups excluding carboxylic acids is 1. The van der Waals surface area contributed by atoms with Crippen LogP contribution in [-0.2, 0) is 4.79 Å². The van der Waals surface area contributed by atoms with E-state index in [1.165, 1.54) is 0 Å². The lowest BCUT2D eigenvalue weighted by Gasteiger charge is -2.10. The minimum atomic E-state index is -3.00. The number of hydrogen-bond acceptors (Lipinski definition) is 1. The average molecular weight is 256 g/mol. The summed E-state index contributed by atoms with van der Waals surface area (Å²) in [6.07, 6.45) is 0.784. The van der Waals surface area contributed by atoms with E-state index in [0.29, 0.717) is 0 Å². The van der Waals surface area contributed by atoms with E-state index in [2.05, 4.69) is 21.2 Å². The fourth-order valence-corrected chi connectivity index (χ4v) is 1.37. The Morgan fingerprint density at radius 3 is 2.46 bits per heavy atom. The van der Waals surface area contributed by atoms with E-state index >= 15 is 0 Å². The standard InChI is InChI=1S/C8H12BrF2NO/c1-7(2)3-5(7)6(13)12-4-8(9,10)11/h5H,3-4H2,1-2H3,(H,12,13). The van der Waals surface area contributed by atoms with Gasteiger partial charge >= 0.3 is 4.83 Å². The van der Waals surface area contributed by atoms with Gasteiger partial charge in [0.05, 0.1) is 6.54 Å². The number of amides is 1. The summed E-state index contributed by atoms with van der Waals surface area (Å²) in [6, 6.07) is 0. The van der Waals surface area contributed by atoms with Gasteiger partial charge in [-0.1, -0.05) is 13.8 Å². The third kappa shape index (κ3) is 3.21. The number of alkyl halides is 3. The van der Waals surface area contributed by atoms with Crippen LogP contribution in [0.25, 0.3) is 0 Å². The Morgan fingerprint density at radius 2 is 2.15 bits per heavy atom. The molecule has 5 heteroatoms. The van der Waals surface area contributed by atoms with Gasteiger partial charge in [-0.15, -0.1) is 0 Å². The predicted molar refractivity (Wildman–Crippen MR) is 48.8 cm³/mol. The molecule has 0 saturated heterocycles. The largest absolute Gasteiger partial charge is 0.349 e. The number of halogens is 3. The molecule has 0 aromatic heterocycles. The van der Waals surface area contributed by atoms with Crippen molar-refractivity contribution in [2.75, 3.05) is 6.54 Å². The molecule has 2 nitrogen and oxygen atoms in total. The average Bonchev–Trinajstić information content (AvgIpc) is 2.53. The minimum Gasteiger partial charge on any atom is -0.349 e. The molecule has 76 valence electrons. The molecule has 0 heterocycles. The van der Waals surface area contributed by atoms with E-state index in [1.807, 2.05) is 13.8 Å². The molecule has 1 N–H and O–H groups in total. The Morgan fingerprint density at radius 1 is 1.69 bits per heavy atom. The van der Waals surface area contributed by atoms with Crippen molar-refractivity contribution in [3.63, 3.8) is 0 Å². The summed E-state index contributed by atoms with van der Waals surface area (Å²) in [4.78, 5) is 8.20. The van der Waals surface area contributed by atoms with Gasteiger partial charge in [-0.25, -0.2) is 0 Å². The van der Waals surface area contributed by atoms with E-state index in [1.54, 1.807) is 0 Å². The number of rotatable bonds is 3. The van der Waals surface area contributed by atoms with Crippen molar-refractivity contribution in [3.05, 3.63) is 0 Å². The smallest absolute Gasteiger partial charge is 0.318 e. The molecule has 1 unspecified atom stereocenters. The van der Waals surface area contributed by atoms with Gasteiger partial charge in [-0.05, 0) is 27.8 Å². The van der Waals surface area contributed by atoms with Crippen molar-refractivity contribution < 1.29 is 13.6 Å². The molecule has 1 aliphatic carbocycles. The fourth-order valence-electron chi connectivity index (χ4n) is 1.23. The zero-order valence-electron chi connectivity index (χ0n) is 7.53. The summed E-state index contributed by atoms with van der Waals surface area (Å²) in [5.74, 6) is -0.369. The Hall–Kier alpha value is -0.190. The third-order valence-electron chi connectivity index (χ3n) is 2.29. The lowest BCUT2D eigenvalue weighted by molar-refractivity contribution is -0.123. The van der Waals surface area contributed by atoms with Gasteiger partial charge in [0.1, 0.15) is 0 Å². The molecule has 0 radical (unpaired) electrons. The molecule has 1 fully saturated rings. The van der Waals surface area contributed by atoms with Gasteiger partial charge in [0, 0.05) is 5.92 Å². The number of nitrogens with one attached hydrogen (secondary N) is 1. The maximum absolute atomic E-state index is 12.3. The van der Waals surface area contributed by atoms with Crippen molar-refractivity contribution in [1.29, 1.82) is 0 Å². The van der Waals surface area contributed by atoms with E-state index in [0.717, 1.165) is 6.42 Å². The van der Waals surface area contributed by atoms with Crippen LogP contribution in [0.3, 0.4) is 0 Å². The molecule has 1 amide bonds. The Kier molecular flexibility index (Phi) is 2.67. The molecule has 0 aliphatic heterocycles. The van der Waals surface area contributed by atoms with Gasteiger partial charge < -0.3 is 5.32 Å². The Balaban J connectivity index is 2.29. The summed E-state index contributed by atoms with van der Waals surface area (Å²) < 4.78 is 24.5. The van der Waals surface area contributed by atoms with Crippen LogP contribution >= 0.6 is 15.9 Å². The summed E-state index contributed by atoms with van der Waals surface area (Å²) in [7, 11) is 0. The predicted octanol–water partition coefficient (Wildman–Crippen LogP) is 2.14. The van der Waals surface area contributed by atoms with Crippen LogP contribution < -0.4 is 5.32 Å². The van der Waals surface area contributed by atoms with Crippen LogP contribution in [-0.4, -0.2) is 17.3 Å². The van der Waals surface area contributed by atoms with Gasteiger partial charge in [-0.3, -0.25) is 4.79 Å². The minimum absolute atomic E-state index is 0.00825. The molecular formula is C8H12BrF2NO. The van der Waals surface area contributed by atoms with Crippen molar-refractivity contribution in [2.45, 2.75) is 25.1 Å². The monoisotopic (exact) mass is 255 g/mol. The molecule has 0 spiro atoms. The number of hydrogen-bond donors (Lipinski definition) is 1. The van der Waals surface area contributed by atoms with Crippen molar-refractivity contribution in [3.8, 4) is 0 Å². The molecule has 1 aliphatic rings. The van der Waals surface area contributed by atoms with Crippen LogP contribution in [0.5, 0.6) is 0 Å². The highest BCUT2D eigenvalue weighted by atomic mass is 79.9. The van der Waals surface area contributed by atoms with E-state index in [-0.39, 0.29) is 17.2 Å². The van der Waals surface area contributed by atoms with Crippen LogP contribution in [0, 0.1) is 11.3 Å². The van der Waals surface area contributed by atoms with Gasteiger partial charge in [0.25, 0.3) is 0 Å². The first-order chi connectivity index (χ1) is 5.72. The van der Waals surface area contributed by atoms with Gasteiger partial charge in [0.2, 0.25) is 5.91 Å². The van der Waals surface area contributed by atoms with Crippen LogP contribution in [0.2, 0.25) is 0 Å². The summed E-state index contributed by atoms with van der Waals surface area (Å²) >= 11 is 2.16. The Labute approximate surface area is 84.2 Å². The summed E-state index contributed by atoms with van der Waals surface area (Å²) in [5.41, 5.74) is -0.00825. The zero-order valence-corrected chi connectivity index (χ0v) is 9.12. The molecular weight excluding hydrogens is 244 g/mol.